The van der Waals surface area contributed by atoms with Crippen LogP contribution in [0.5, 0.6) is 5.75 Å². The molecule has 2 heterocycles. The molecule has 136 valence electrons. The van der Waals surface area contributed by atoms with E-state index in [1.807, 2.05) is 6.07 Å². The van der Waals surface area contributed by atoms with Gasteiger partial charge in [-0.15, -0.1) is 0 Å². The molecule has 0 unspecified atom stereocenters. The zero-order chi connectivity index (χ0) is 19.1. The quantitative estimate of drug-likeness (QED) is 0.777. The SMILES string of the molecule is COc1ccc(N2N=C(C(C)=O)[C@H]3C(=O)N(c4ccccc4)C(=O)[C@H]32)cc1. The van der Waals surface area contributed by atoms with Crippen molar-refractivity contribution in [3.8, 4) is 5.75 Å². The Kier molecular flexibility index (Phi) is 3.99. The lowest BCUT2D eigenvalue weighted by Crippen LogP contribution is -2.39. The van der Waals surface area contributed by atoms with Gasteiger partial charge in [-0.25, -0.2) is 4.90 Å². The van der Waals surface area contributed by atoms with Crippen LogP contribution in [0.2, 0.25) is 0 Å². The van der Waals surface area contributed by atoms with Gasteiger partial charge < -0.3 is 4.74 Å². The number of amides is 2. The van der Waals surface area contributed by atoms with Gasteiger partial charge in [-0.3, -0.25) is 19.4 Å². The number of anilines is 2. The lowest BCUT2D eigenvalue weighted by Gasteiger charge is -2.22. The number of ketones is 1. The molecular weight excluding hydrogens is 346 g/mol. The Labute approximate surface area is 155 Å². The number of hydrazone groups is 1. The molecule has 0 N–H and O–H groups in total. The maximum Gasteiger partial charge on any atom is 0.259 e. The van der Waals surface area contributed by atoms with Gasteiger partial charge >= 0.3 is 0 Å². The summed E-state index contributed by atoms with van der Waals surface area (Å²) in [6, 6.07) is 14.8. The van der Waals surface area contributed by atoms with Crippen LogP contribution in [0.1, 0.15) is 6.92 Å². The van der Waals surface area contributed by atoms with E-state index in [4.69, 9.17) is 4.74 Å². The van der Waals surface area contributed by atoms with Crippen molar-refractivity contribution in [3.05, 3.63) is 54.6 Å². The van der Waals surface area contributed by atoms with Gasteiger partial charge in [0.2, 0.25) is 5.91 Å². The van der Waals surface area contributed by atoms with Crippen molar-refractivity contribution in [1.82, 2.24) is 0 Å². The third-order valence-corrected chi connectivity index (χ3v) is 4.76. The number of nitrogens with zero attached hydrogens (tertiary/aromatic N) is 3. The predicted molar refractivity (Wildman–Crippen MR) is 99.8 cm³/mol. The second-order valence-electron chi connectivity index (χ2n) is 6.35. The first-order chi connectivity index (χ1) is 13.0. The van der Waals surface area contributed by atoms with Gasteiger partial charge in [-0.2, -0.15) is 5.10 Å². The van der Waals surface area contributed by atoms with Crippen LogP contribution >= 0.6 is 0 Å². The van der Waals surface area contributed by atoms with Crippen LogP contribution in [-0.4, -0.2) is 36.5 Å². The molecule has 2 aliphatic heterocycles. The average molecular weight is 363 g/mol. The average Bonchev–Trinajstić information content (AvgIpc) is 3.20. The molecule has 2 aromatic carbocycles. The topological polar surface area (TPSA) is 79.3 Å². The number of fused-ring (bicyclic) bond motifs is 1. The van der Waals surface area contributed by atoms with Crippen molar-refractivity contribution in [1.29, 1.82) is 0 Å². The lowest BCUT2D eigenvalue weighted by atomic mass is 9.95. The van der Waals surface area contributed by atoms with Crippen LogP contribution < -0.4 is 14.6 Å². The summed E-state index contributed by atoms with van der Waals surface area (Å²) in [5.74, 6) is -1.40. The summed E-state index contributed by atoms with van der Waals surface area (Å²) in [7, 11) is 1.56. The fraction of sp³-hybridized carbons (Fsp3) is 0.200. The molecule has 27 heavy (non-hydrogen) atoms. The van der Waals surface area contributed by atoms with Gasteiger partial charge in [0.05, 0.1) is 18.5 Å². The summed E-state index contributed by atoms with van der Waals surface area (Å²) in [5, 5.41) is 5.78. The number of para-hydroxylation sites is 1. The van der Waals surface area contributed by atoms with Crippen molar-refractivity contribution in [2.75, 3.05) is 17.0 Å². The van der Waals surface area contributed by atoms with Crippen LogP contribution in [0.3, 0.4) is 0 Å². The summed E-state index contributed by atoms with van der Waals surface area (Å²) in [4.78, 5) is 39.4. The van der Waals surface area contributed by atoms with Crippen molar-refractivity contribution in [2.24, 2.45) is 11.0 Å². The van der Waals surface area contributed by atoms with Crippen molar-refractivity contribution in [3.63, 3.8) is 0 Å². The van der Waals surface area contributed by atoms with Gasteiger partial charge in [-0.05, 0) is 36.4 Å². The van der Waals surface area contributed by atoms with Gasteiger partial charge in [0, 0.05) is 6.92 Å². The lowest BCUT2D eigenvalue weighted by molar-refractivity contribution is -0.122. The monoisotopic (exact) mass is 363 g/mol. The Balaban J connectivity index is 1.78. The zero-order valence-electron chi connectivity index (χ0n) is 14.8. The summed E-state index contributed by atoms with van der Waals surface area (Å²) in [5.41, 5.74) is 1.20. The minimum absolute atomic E-state index is 0.104. The zero-order valence-corrected chi connectivity index (χ0v) is 14.8. The van der Waals surface area contributed by atoms with E-state index in [1.165, 1.54) is 11.9 Å². The fourth-order valence-electron chi connectivity index (χ4n) is 3.48. The van der Waals surface area contributed by atoms with Crippen LogP contribution in [-0.2, 0) is 14.4 Å². The van der Waals surface area contributed by atoms with Gasteiger partial charge in [0.1, 0.15) is 23.4 Å². The molecule has 0 spiro atoms. The van der Waals surface area contributed by atoms with E-state index < -0.39 is 23.8 Å². The minimum Gasteiger partial charge on any atom is -0.497 e. The molecule has 1 saturated heterocycles. The summed E-state index contributed by atoms with van der Waals surface area (Å²) < 4.78 is 5.15. The van der Waals surface area contributed by atoms with E-state index in [0.717, 1.165) is 4.90 Å². The Morgan fingerprint density at radius 3 is 2.22 bits per heavy atom. The van der Waals surface area contributed by atoms with Gasteiger partial charge in [0.15, 0.2) is 5.78 Å². The van der Waals surface area contributed by atoms with Gasteiger partial charge in [-0.1, -0.05) is 18.2 Å². The first-order valence-electron chi connectivity index (χ1n) is 8.48. The molecule has 0 radical (unpaired) electrons. The third kappa shape index (κ3) is 2.59. The predicted octanol–water partition coefficient (Wildman–Crippen LogP) is 2.02. The number of hydrogen-bond acceptors (Lipinski definition) is 6. The van der Waals surface area contributed by atoms with E-state index in [2.05, 4.69) is 5.10 Å². The highest BCUT2D eigenvalue weighted by Crippen LogP contribution is 2.38. The van der Waals surface area contributed by atoms with E-state index in [1.54, 1.807) is 55.6 Å². The van der Waals surface area contributed by atoms with Crippen molar-refractivity contribution >= 4 is 34.7 Å². The number of ether oxygens (including phenoxy) is 1. The molecular formula is C20H17N3O4. The van der Waals surface area contributed by atoms with E-state index >= 15 is 0 Å². The first-order valence-corrected chi connectivity index (χ1v) is 8.48. The molecule has 0 saturated carbocycles. The fourth-order valence-corrected chi connectivity index (χ4v) is 3.48. The van der Waals surface area contributed by atoms with Crippen LogP contribution in [0.15, 0.2) is 59.7 Å². The van der Waals surface area contributed by atoms with E-state index in [9.17, 15) is 14.4 Å². The Morgan fingerprint density at radius 1 is 0.963 bits per heavy atom. The molecule has 0 bridgehead atoms. The normalized spacial score (nSPS) is 21.3. The molecule has 2 amide bonds. The molecule has 7 heteroatoms. The standard InChI is InChI=1S/C20H17N3O4/c1-12(24)17-16-18(23(21-17)14-8-10-15(27-2)11-9-14)20(26)22(19(16)25)13-6-4-3-5-7-13/h3-11,16,18H,1-2H3/t16-,18+/m1/s1. The largest absolute Gasteiger partial charge is 0.497 e. The van der Waals surface area contributed by atoms with Crippen LogP contribution in [0.25, 0.3) is 0 Å². The molecule has 0 aromatic heterocycles. The van der Waals surface area contributed by atoms with Gasteiger partial charge in [0.25, 0.3) is 5.91 Å². The van der Waals surface area contributed by atoms with E-state index in [0.29, 0.717) is 17.1 Å². The maximum absolute atomic E-state index is 13.1. The molecule has 2 atom stereocenters. The second-order valence-corrected chi connectivity index (χ2v) is 6.35. The summed E-state index contributed by atoms with van der Waals surface area (Å²) in [6.07, 6.45) is 0. The number of hydrogen-bond donors (Lipinski definition) is 0. The summed E-state index contributed by atoms with van der Waals surface area (Å²) in [6.45, 7) is 1.36. The Morgan fingerprint density at radius 2 is 1.63 bits per heavy atom. The number of carbonyl (C=O) groups excluding carboxylic acids is 3. The highest BCUT2D eigenvalue weighted by molar-refractivity contribution is 6.48. The molecule has 2 aromatic rings. The Bertz CT molecular complexity index is 953. The summed E-state index contributed by atoms with van der Waals surface area (Å²) >= 11 is 0. The minimum atomic E-state index is -0.905. The molecule has 2 aliphatic rings. The number of rotatable bonds is 4. The molecule has 4 rings (SSSR count). The molecule has 7 nitrogen and oxygen atoms in total. The Hall–Kier alpha value is -3.48. The molecule has 0 aliphatic carbocycles. The van der Waals surface area contributed by atoms with Crippen LogP contribution in [0.4, 0.5) is 11.4 Å². The number of benzene rings is 2. The van der Waals surface area contributed by atoms with E-state index in [-0.39, 0.29) is 11.5 Å². The number of imide groups is 1. The molecule has 1 fully saturated rings. The highest BCUT2D eigenvalue weighted by Gasteiger charge is 2.58. The van der Waals surface area contributed by atoms with Crippen LogP contribution in [0, 0.1) is 5.92 Å². The number of carbonyl (C=O) groups is 3. The third-order valence-electron chi connectivity index (χ3n) is 4.76. The smallest absolute Gasteiger partial charge is 0.259 e. The first kappa shape index (κ1) is 17.0. The highest BCUT2D eigenvalue weighted by atomic mass is 16.5. The number of methoxy groups -OCH3 is 1. The number of Topliss-reactive ketones (excluding diaryl/α,β-unsaturated/α-hetero) is 1. The van der Waals surface area contributed by atoms with Crippen molar-refractivity contribution < 1.29 is 19.1 Å². The van der Waals surface area contributed by atoms with Crippen molar-refractivity contribution in [2.45, 2.75) is 13.0 Å². The second kappa shape index (κ2) is 6.35. The maximum atomic E-state index is 13.1.